The highest BCUT2D eigenvalue weighted by Gasteiger charge is 2.31. The lowest BCUT2D eigenvalue weighted by molar-refractivity contribution is -0.154. The fraction of sp³-hybridized carbons (Fsp3) is 0.500. The smallest absolute Gasteiger partial charge is 0.422 e. The molecule has 1 aromatic heterocycles. The number of rotatable bonds is 7. The Morgan fingerprint density at radius 1 is 1.39 bits per heavy atom. The van der Waals surface area contributed by atoms with Crippen molar-refractivity contribution in [3.63, 3.8) is 0 Å². The van der Waals surface area contributed by atoms with Crippen molar-refractivity contribution in [2.75, 3.05) is 6.61 Å². The molecule has 1 heterocycles. The number of nitrogens with zero attached hydrogens (tertiary/aromatic N) is 1. The third-order valence-electron chi connectivity index (χ3n) is 3.21. The Balaban J connectivity index is 1.99. The summed E-state index contributed by atoms with van der Waals surface area (Å²) in [6.45, 7) is -1.52. The van der Waals surface area contributed by atoms with Crippen LogP contribution in [0.25, 0.3) is 0 Å². The second-order valence-electron chi connectivity index (χ2n) is 5.31. The highest BCUT2D eigenvalue weighted by molar-refractivity contribution is 5.95. The van der Waals surface area contributed by atoms with E-state index in [-0.39, 0.29) is 17.5 Å². The number of aliphatic carboxylic acids is 1. The van der Waals surface area contributed by atoms with Crippen molar-refractivity contribution in [2.24, 2.45) is 5.92 Å². The number of carbonyl (C=O) groups excluding carboxylic acids is 1. The van der Waals surface area contributed by atoms with Gasteiger partial charge in [-0.3, -0.25) is 4.79 Å². The minimum absolute atomic E-state index is 0.202. The van der Waals surface area contributed by atoms with Gasteiger partial charge in [0, 0.05) is 6.07 Å². The van der Waals surface area contributed by atoms with Gasteiger partial charge in [-0.15, -0.1) is 0 Å². The molecule has 0 bridgehead atoms. The van der Waals surface area contributed by atoms with E-state index in [1.165, 1.54) is 18.2 Å². The third-order valence-corrected chi connectivity index (χ3v) is 3.21. The van der Waals surface area contributed by atoms with E-state index in [0.717, 1.165) is 12.8 Å². The quantitative estimate of drug-likeness (QED) is 0.797. The standard InChI is InChI=1S/C14H15F3N2O4/c15-14(16,17)7-23-11-3-1-2-9(18-11)12(20)19-10(13(21)22)6-8-4-5-8/h1-3,8,10H,4-7H2,(H,19,20)(H,21,22). The molecule has 0 aromatic carbocycles. The summed E-state index contributed by atoms with van der Waals surface area (Å²) < 4.78 is 40.7. The SMILES string of the molecule is O=C(NC(CC1CC1)C(=O)O)c1cccc(OCC(F)(F)F)n1. The Kier molecular flexibility index (Phi) is 5.07. The van der Waals surface area contributed by atoms with E-state index in [1.807, 2.05) is 0 Å². The maximum atomic E-state index is 12.1. The highest BCUT2D eigenvalue weighted by Crippen LogP contribution is 2.33. The Bertz CT molecular complexity index is 588. The van der Waals surface area contributed by atoms with Crippen LogP contribution < -0.4 is 10.1 Å². The summed E-state index contributed by atoms with van der Waals surface area (Å²) in [5.74, 6) is -2.00. The second kappa shape index (κ2) is 6.84. The first-order chi connectivity index (χ1) is 10.7. The molecule has 0 spiro atoms. The Morgan fingerprint density at radius 3 is 2.65 bits per heavy atom. The summed E-state index contributed by atoms with van der Waals surface area (Å²) in [6.07, 6.45) is -2.33. The number of halogens is 3. The molecule has 2 rings (SSSR count). The zero-order chi connectivity index (χ0) is 17.0. The van der Waals surface area contributed by atoms with Crippen LogP contribution >= 0.6 is 0 Å². The third kappa shape index (κ3) is 5.76. The molecule has 9 heteroatoms. The van der Waals surface area contributed by atoms with Gasteiger partial charge in [0.2, 0.25) is 5.88 Å². The number of hydrogen-bond donors (Lipinski definition) is 2. The van der Waals surface area contributed by atoms with Crippen LogP contribution in [0.5, 0.6) is 5.88 Å². The topological polar surface area (TPSA) is 88.5 Å². The largest absolute Gasteiger partial charge is 0.480 e. The lowest BCUT2D eigenvalue weighted by Gasteiger charge is -2.14. The van der Waals surface area contributed by atoms with Crippen molar-refractivity contribution in [1.29, 1.82) is 0 Å². The number of alkyl halides is 3. The first-order valence-electron chi connectivity index (χ1n) is 6.95. The van der Waals surface area contributed by atoms with Crippen LogP contribution in [0.4, 0.5) is 13.2 Å². The van der Waals surface area contributed by atoms with Gasteiger partial charge in [0.15, 0.2) is 6.61 Å². The average molecular weight is 332 g/mol. The molecule has 0 aliphatic heterocycles. The van der Waals surface area contributed by atoms with Crippen LogP contribution in [0, 0.1) is 5.92 Å². The van der Waals surface area contributed by atoms with Gasteiger partial charge < -0.3 is 15.2 Å². The lowest BCUT2D eigenvalue weighted by Crippen LogP contribution is -2.41. The molecule has 0 radical (unpaired) electrons. The Labute approximate surface area is 129 Å². The number of pyridine rings is 1. The number of carboxylic acids is 1. The fourth-order valence-electron chi connectivity index (χ4n) is 1.92. The van der Waals surface area contributed by atoms with Crippen molar-refractivity contribution < 1.29 is 32.6 Å². The fourth-order valence-corrected chi connectivity index (χ4v) is 1.92. The summed E-state index contributed by atoms with van der Waals surface area (Å²) in [6, 6.07) is 2.72. The molecule has 6 nitrogen and oxygen atoms in total. The molecule has 1 aliphatic rings. The Hall–Kier alpha value is -2.32. The molecular formula is C14H15F3N2O4. The maximum Gasteiger partial charge on any atom is 0.422 e. The molecule has 1 fully saturated rings. The highest BCUT2D eigenvalue weighted by atomic mass is 19.4. The molecule has 1 atom stereocenters. The summed E-state index contributed by atoms with van der Waals surface area (Å²) in [4.78, 5) is 26.8. The second-order valence-corrected chi connectivity index (χ2v) is 5.31. The molecule has 1 aromatic rings. The minimum Gasteiger partial charge on any atom is -0.480 e. The van der Waals surface area contributed by atoms with Gasteiger partial charge in [-0.05, 0) is 18.4 Å². The molecular weight excluding hydrogens is 317 g/mol. The van der Waals surface area contributed by atoms with Gasteiger partial charge in [-0.2, -0.15) is 13.2 Å². The minimum atomic E-state index is -4.52. The zero-order valence-corrected chi connectivity index (χ0v) is 12.0. The van der Waals surface area contributed by atoms with Gasteiger partial charge in [0.05, 0.1) is 0 Å². The van der Waals surface area contributed by atoms with Crippen LogP contribution in [-0.2, 0) is 4.79 Å². The average Bonchev–Trinajstić information content (AvgIpc) is 3.28. The molecule has 1 saturated carbocycles. The van der Waals surface area contributed by atoms with Gasteiger partial charge in [-0.25, -0.2) is 9.78 Å². The van der Waals surface area contributed by atoms with Gasteiger partial charge >= 0.3 is 12.1 Å². The van der Waals surface area contributed by atoms with Crippen molar-refractivity contribution in [3.05, 3.63) is 23.9 Å². The predicted octanol–water partition coefficient (Wildman–Crippen LogP) is 2.01. The van der Waals surface area contributed by atoms with E-state index in [9.17, 15) is 22.8 Å². The van der Waals surface area contributed by atoms with E-state index in [2.05, 4.69) is 15.0 Å². The summed E-state index contributed by atoms with van der Waals surface area (Å²) >= 11 is 0. The summed E-state index contributed by atoms with van der Waals surface area (Å²) in [5.41, 5.74) is -0.202. The molecule has 23 heavy (non-hydrogen) atoms. The van der Waals surface area contributed by atoms with Gasteiger partial charge in [0.25, 0.3) is 5.91 Å². The van der Waals surface area contributed by atoms with Crippen LogP contribution in [0.2, 0.25) is 0 Å². The number of ether oxygens (including phenoxy) is 1. The number of hydrogen-bond acceptors (Lipinski definition) is 4. The van der Waals surface area contributed by atoms with Crippen LogP contribution in [0.3, 0.4) is 0 Å². The number of carboxylic acid groups (broad SMARTS) is 1. The van der Waals surface area contributed by atoms with Gasteiger partial charge in [0.1, 0.15) is 11.7 Å². The normalized spacial score (nSPS) is 15.8. The van der Waals surface area contributed by atoms with Crippen LogP contribution in [0.15, 0.2) is 18.2 Å². The first kappa shape index (κ1) is 17.0. The van der Waals surface area contributed by atoms with Crippen molar-refractivity contribution in [2.45, 2.75) is 31.5 Å². The Morgan fingerprint density at radius 2 is 2.09 bits per heavy atom. The molecule has 126 valence electrons. The van der Waals surface area contributed by atoms with E-state index >= 15 is 0 Å². The zero-order valence-electron chi connectivity index (χ0n) is 12.0. The first-order valence-corrected chi connectivity index (χ1v) is 6.95. The molecule has 0 saturated heterocycles. The maximum absolute atomic E-state index is 12.1. The summed E-state index contributed by atoms with van der Waals surface area (Å²) in [7, 11) is 0. The monoisotopic (exact) mass is 332 g/mol. The lowest BCUT2D eigenvalue weighted by atomic mass is 10.1. The molecule has 1 amide bonds. The molecule has 1 aliphatic carbocycles. The molecule has 1 unspecified atom stereocenters. The van der Waals surface area contributed by atoms with E-state index in [4.69, 9.17) is 5.11 Å². The number of nitrogens with one attached hydrogen (secondary N) is 1. The number of amides is 1. The van der Waals surface area contributed by atoms with E-state index in [0.29, 0.717) is 6.42 Å². The van der Waals surface area contributed by atoms with Crippen molar-refractivity contribution >= 4 is 11.9 Å². The van der Waals surface area contributed by atoms with Gasteiger partial charge in [-0.1, -0.05) is 18.9 Å². The van der Waals surface area contributed by atoms with E-state index < -0.39 is 30.7 Å². The number of aromatic nitrogens is 1. The summed E-state index contributed by atoms with van der Waals surface area (Å²) in [5, 5.41) is 11.4. The van der Waals surface area contributed by atoms with Crippen molar-refractivity contribution in [1.82, 2.24) is 10.3 Å². The van der Waals surface area contributed by atoms with Crippen molar-refractivity contribution in [3.8, 4) is 5.88 Å². The van der Waals surface area contributed by atoms with E-state index in [1.54, 1.807) is 0 Å². The number of carbonyl (C=O) groups is 2. The molecule has 2 N–H and O–H groups in total. The van der Waals surface area contributed by atoms with Crippen LogP contribution in [0.1, 0.15) is 29.8 Å². The van der Waals surface area contributed by atoms with Crippen LogP contribution in [-0.4, -0.2) is 40.8 Å². The predicted molar refractivity (Wildman–Crippen MR) is 72.0 cm³/mol.